The first kappa shape index (κ1) is 18.4. The number of anilines is 2. The number of nitrogens with one attached hydrogen (secondary N) is 2. The highest BCUT2D eigenvalue weighted by Crippen LogP contribution is 2.15. The van der Waals surface area contributed by atoms with Gasteiger partial charge in [0.25, 0.3) is 5.91 Å². The van der Waals surface area contributed by atoms with Gasteiger partial charge in [0.1, 0.15) is 0 Å². The molecule has 0 heterocycles. The molecule has 0 atom stereocenters. The second kappa shape index (κ2) is 8.26. The van der Waals surface area contributed by atoms with E-state index in [1.54, 1.807) is 48.5 Å². The Bertz CT molecular complexity index is 842. The molecule has 0 spiro atoms. The van der Waals surface area contributed by atoms with Gasteiger partial charge in [0, 0.05) is 33.6 Å². The molecule has 0 aliphatic rings. The molecule has 2 aromatic rings. The second-order valence-electron chi connectivity index (χ2n) is 5.41. The highest BCUT2D eigenvalue weighted by Gasteiger charge is 2.08. The van der Waals surface area contributed by atoms with Gasteiger partial charge in [-0.15, -0.1) is 0 Å². The van der Waals surface area contributed by atoms with Crippen LogP contribution < -0.4 is 10.6 Å². The summed E-state index contributed by atoms with van der Waals surface area (Å²) in [4.78, 5) is 35.3. The Balaban J connectivity index is 1.99. The van der Waals surface area contributed by atoms with Crippen LogP contribution in [0.25, 0.3) is 0 Å². The largest absolute Gasteiger partial charge is 0.322 e. The summed E-state index contributed by atoms with van der Waals surface area (Å²) in [6, 6.07) is 13.2. The molecule has 2 amide bonds. The quantitative estimate of drug-likeness (QED) is 0.626. The van der Waals surface area contributed by atoms with Crippen LogP contribution >= 0.6 is 11.6 Å². The van der Waals surface area contributed by atoms with Crippen molar-refractivity contribution in [2.75, 3.05) is 10.6 Å². The van der Waals surface area contributed by atoms with E-state index >= 15 is 0 Å². The van der Waals surface area contributed by atoms with E-state index < -0.39 is 11.8 Å². The number of ketones is 1. The predicted molar refractivity (Wildman–Crippen MR) is 98.9 cm³/mol. The van der Waals surface area contributed by atoms with Crippen molar-refractivity contribution >= 4 is 40.6 Å². The number of benzene rings is 2. The summed E-state index contributed by atoms with van der Waals surface area (Å²) in [5, 5.41) is 5.81. The van der Waals surface area contributed by atoms with E-state index in [-0.39, 0.29) is 11.4 Å². The first-order chi connectivity index (χ1) is 11.8. The maximum absolute atomic E-state index is 12.1. The lowest BCUT2D eigenvalue weighted by Gasteiger charge is -2.07. The molecule has 2 rings (SSSR count). The molecule has 0 radical (unpaired) electrons. The lowest BCUT2D eigenvalue weighted by Crippen LogP contribution is -2.16. The third-order valence-electron chi connectivity index (χ3n) is 3.35. The topological polar surface area (TPSA) is 75.3 Å². The summed E-state index contributed by atoms with van der Waals surface area (Å²) in [5.41, 5.74) is 1.89. The molecule has 0 bridgehead atoms. The van der Waals surface area contributed by atoms with Crippen molar-refractivity contribution < 1.29 is 14.4 Å². The Hall–Kier alpha value is -2.92. The predicted octanol–water partition coefficient (Wildman–Crippen LogP) is 4.07. The van der Waals surface area contributed by atoms with E-state index in [0.29, 0.717) is 22.0 Å². The van der Waals surface area contributed by atoms with Gasteiger partial charge in [-0.25, -0.2) is 0 Å². The van der Waals surface area contributed by atoms with Crippen molar-refractivity contribution in [3.8, 4) is 0 Å². The second-order valence-corrected chi connectivity index (χ2v) is 5.85. The molecule has 128 valence electrons. The Morgan fingerprint density at radius 1 is 0.920 bits per heavy atom. The first-order valence-electron chi connectivity index (χ1n) is 7.52. The maximum Gasteiger partial charge on any atom is 0.251 e. The monoisotopic (exact) mass is 356 g/mol. The molecule has 0 aromatic heterocycles. The normalized spacial score (nSPS) is 10.9. The molecule has 6 heteroatoms. The zero-order valence-corrected chi connectivity index (χ0v) is 14.6. The van der Waals surface area contributed by atoms with E-state index in [2.05, 4.69) is 10.6 Å². The molecular formula is C19H17ClN2O3. The Kier molecular flexibility index (Phi) is 6.08. The van der Waals surface area contributed by atoms with Gasteiger partial charge in [-0.05, 0) is 56.3 Å². The standard InChI is InChI=1S/C19H17ClN2O3/c1-12(10-18(24)21-17-5-3-4-15(20)11-17)19(25)22-16-8-6-14(7-9-16)13(2)23/h3-11H,1-2H3,(H,21,24)(H,22,25)/b12-10-. The highest BCUT2D eigenvalue weighted by molar-refractivity contribution is 6.31. The minimum atomic E-state index is -0.429. The Morgan fingerprint density at radius 3 is 2.20 bits per heavy atom. The van der Waals surface area contributed by atoms with Gasteiger partial charge in [0.2, 0.25) is 5.91 Å². The van der Waals surface area contributed by atoms with Gasteiger partial charge in [0.15, 0.2) is 5.78 Å². The number of halogens is 1. The summed E-state index contributed by atoms with van der Waals surface area (Å²) in [6.45, 7) is 3.01. The number of carbonyl (C=O) groups excluding carboxylic acids is 3. The van der Waals surface area contributed by atoms with E-state index in [4.69, 9.17) is 11.6 Å². The average Bonchev–Trinajstić information content (AvgIpc) is 2.55. The zero-order chi connectivity index (χ0) is 18.4. The van der Waals surface area contributed by atoms with Crippen LogP contribution in [0.2, 0.25) is 5.02 Å². The molecule has 0 fully saturated rings. The third-order valence-corrected chi connectivity index (χ3v) is 3.58. The summed E-state index contributed by atoms with van der Waals surface area (Å²) in [7, 11) is 0. The molecule has 0 saturated heterocycles. The van der Waals surface area contributed by atoms with Crippen LogP contribution in [0.5, 0.6) is 0 Å². The number of hydrogen-bond acceptors (Lipinski definition) is 3. The molecule has 0 saturated carbocycles. The summed E-state index contributed by atoms with van der Waals surface area (Å²) in [6.07, 6.45) is 1.21. The molecule has 2 aromatic carbocycles. The van der Waals surface area contributed by atoms with Crippen LogP contribution in [0.15, 0.2) is 60.2 Å². The van der Waals surface area contributed by atoms with E-state index in [1.165, 1.54) is 19.9 Å². The molecule has 0 unspecified atom stereocenters. The van der Waals surface area contributed by atoms with Gasteiger partial charge in [0.05, 0.1) is 0 Å². The Labute approximate surface area is 150 Å². The van der Waals surface area contributed by atoms with Gasteiger partial charge in [-0.2, -0.15) is 0 Å². The number of rotatable bonds is 5. The first-order valence-corrected chi connectivity index (χ1v) is 7.90. The van der Waals surface area contributed by atoms with Crippen molar-refractivity contribution in [3.63, 3.8) is 0 Å². The van der Waals surface area contributed by atoms with Crippen molar-refractivity contribution in [1.29, 1.82) is 0 Å². The minimum Gasteiger partial charge on any atom is -0.322 e. The fourth-order valence-electron chi connectivity index (χ4n) is 2.02. The molecule has 5 nitrogen and oxygen atoms in total. The smallest absolute Gasteiger partial charge is 0.251 e. The van der Waals surface area contributed by atoms with Gasteiger partial charge in [-0.3, -0.25) is 14.4 Å². The Morgan fingerprint density at radius 2 is 1.60 bits per heavy atom. The SMILES string of the molecule is CC(=O)c1ccc(NC(=O)/C(C)=C\C(=O)Nc2cccc(Cl)c2)cc1. The number of Topliss-reactive ketones (excluding diaryl/α,β-unsaturated/α-hetero) is 1. The van der Waals surface area contributed by atoms with E-state index in [9.17, 15) is 14.4 Å². The van der Waals surface area contributed by atoms with Crippen LogP contribution in [0.4, 0.5) is 11.4 Å². The minimum absolute atomic E-state index is 0.0494. The van der Waals surface area contributed by atoms with Crippen molar-refractivity contribution in [3.05, 3.63) is 70.8 Å². The summed E-state index contributed by atoms with van der Waals surface area (Å²) >= 11 is 5.85. The lowest BCUT2D eigenvalue weighted by molar-refractivity contribution is -0.114. The fourth-order valence-corrected chi connectivity index (χ4v) is 2.22. The average molecular weight is 357 g/mol. The van der Waals surface area contributed by atoms with Crippen molar-refractivity contribution in [1.82, 2.24) is 0 Å². The van der Waals surface area contributed by atoms with Crippen LogP contribution in [0.3, 0.4) is 0 Å². The molecule has 0 aliphatic carbocycles. The van der Waals surface area contributed by atoms with E-state index in [1.807, 2.05) is 0 Å². The van der Waals surface area contributed by atoms with Gasteiger partial charge < -0.3 is 10.6 Å². The van der Waals surface area contributed by atoms with Crippen molar-refractivity contribution in [2.45, 2.75) is 13.8 Å². The number of amides is 2. The molecule has 2 N–H and O–H groups in total. The summed E-state index contributed by atoms with van der Waals surface area (Å²) in [5.74, 6) is -0.884. The molecule has 0 aliphatic heterocycles. The highest BCUT2D eigenvalue weighted by atomic mass is 35.5. The maximum atomic E-state index is 12.1. The van der Waals surface area contributed by atoms with Crippen LogP contribution in [-0.4, -0.2) is 17.6 Å². The van der Waals surface area contributed by atoms with Crippen LogP contribution in [0.1, 0.15) is 24.2 Å². The van der Waals surface area contributed by atoms with Gasteiger partial charge >= 0.3 is 0 Å². The van der Waals surface area contributed by atoms with Crippen LogP contribution in [-0.2, 0) is 9.59 Å². The van der Waals surface area contributed by atoms with Crippen molar-refractivity contribution in [2.24, 2.45) is 0 Å². The lowest BCUT2D eigenvalue weighted by atomic mass is 10.1. The van der Waals surface area contributed by atoms with Crippen LogP contribution in [0, 0.1) is 0 Å². The van der Waals surface area contributed by atoms with E-state index in [0.717, 1.165) is 0 Å². The number of hydrogen-bond donors (Lipinski definition) is 2. The summed E-state index contributed by atoms with van der Waals surface area (Å²) < 4.78 is 0. The zero-order valence-electron chi connectivity index (χ0n) is 13.8. The fraction of sp³-hybridized carbons (Fsp3) is 0.105. The van der Waals surface area contributed by atoms with Gasteiger partial charge in [-0.1, -0.05) is 17.7 Å². The molecular weight excluding hydrogens is 340 g/mol. The number of carbonyl (C=O) groups is 3. The third kappa shape index (κ3) is 5.58. The molecule has 25 heavy (non-hydrogen) atoms.